The van der Waals surface area contributed by atoms with Crippen LogP contribution < -0.4 is 15.4 Å². The van der Waals surface area contributed by atoms with Crippen LogP contribution in [0.5, 0.6) is 5.75 Å². The van der Waals surface area contributed by atoms with Crippen molar-refractivity contribution in [2.24, 2.45) is 0 Å². The molecule has 2 rings (SSSR count). The first-order valence-electron chi connectivity index (χ1n) is 7.39. The number of amides is 1. The average Bonchev–Trinajstić information content (AvgIpc) is 2.53. The molecular weight excluding hydrogens is 276 g/mol. The van der Waals surface area contributed by atoms with Crippen LogP contribution in [0.25, 0.3) is 0 Å². The molecular formula is C18H22N2O2. The summed E-state index contributed by atoms with van der Waals surface area (Å²) < 4.78 is 5.29. The molecule has 0 aliphatic rings. The van der Waals surface area contributed by atoms with E-state index in [1.165, 1.54) is 5.56 Å². The predicted molar refractivity (Wildman–Crippen MR) is 90.7 cm³/mol. The van der Waals surface area contributed by atoms with Gasteiger partial charge in [-0.15, -0.1) is 0 Å². The van der Waals surface area contributed by atoms with Crippen molar-refractivity contribution in [1.82, 2.24) is 0 Å². The maximum atomic E-state index is 12.1. The minimum atomic E-state index is -0.0863. The molecule has 0 fully saturated rings. The summed E-state index contributed by atoms with van der Waals surface area (Å²) in [6.45, 7) is 4.28. The van der Waals surface area contributed by atoms with Crippen LogP contribution in [0.2, 0.25) is 0 Å². The number of rotatable bonds is 6. The molecule has 0 aliphatic heterocycles. The second-order valence-electron chi connectivity index (χ2n) is 5.16. The van der Waals surface area contributed by atoms with Crippen molar-refractivity contribution >= 4 is 17.3 Å². The number of methoxy groups -OCH3 is 1. The molecule has 2 aromatic rings. The van der Waals surface area contributed by atoms with E-state index in [0.717, 1.165) is 29.1 Å². The minimum Gasteiger partial charge on any atom is -0.495 e. The zero-order chi connectivity index (χ0) is 15.9. The third-order valence-corrected chi connectivity index (χ3v) is 3.41. The molecule has 0 aromatic heterocycles. The molecule has 116 valence electrons. The summed E-state index contributed by atoms with van der Waals surface area (Å²) >= 11 is 0. The van der Waals surface area contributed by atoms with Crippen molar-refractivity contribution in [2.75, 3.05) is 24.3 Å². The topological polar surface area (TPSA) is 50.4 Å². The van der Waals surface area contributed by atoms with Gasteiger partial charge < -0.3 is 15.4 Å². The molecule has 22 heavy (non-hydrogen) atoms. The van der Waals surface area contributed by atoms with Crippen molar-refractivity contribution in [2.45, 2.75) is 20.3 Å². The maximum absolute atomic E-state index is 12.1. The Labute approximate surface area is 131 Å². The van der Waals surface area contributed by atoms with Crippen LogP contribution in [-0.2, 0) is 11.2 Å². The number of nitrogens with one attached hydrogen (secondary N) is 2. The molecule has 1 amide bonds. The normalized spacial score (nSPS) is 10.1. The molecule has 0 radical (unpaired) electrons. The molecule has 0 saturated carbocycles. The van der Waals surface area contributed by atoms with Gasteiger partial charge in [0.25, 0.3) is 0 Å². The number of benzene rings is 2. The molecule has 0 unspecified atom stereocenters. The maximum Gasteiger partial charge on any atom is 0.243 e. The summed E-state index contributed by atoms with van der Waals surface area (Å²) in [5, 5.41) is 6.01. The molecule has 4 heteroatoms. The summed E-state index contributed by atoms with van der Waals surface area (Å²) in [5.74, 6) is 0.642. The number of hydrogen-bond donors (Lipinski definition) is 2. The van der Waals surface area contributed by atoms with E-state index in [1.807, 2.05) is 49.4 Å². The van der Waals surface area contributed by atoms with Crippen LogP contribution in [0.1, 0.15) is 18.1 Å². The number of ether oxygens (including phenoxy) is 1. The summed E-state index contributed by atoms with van der Waals surface area (Å²) in [6.07, 6.45) is 0.947. The Morgan fingerprint density at radius 3 is 2.73 bits per heavy atom. The van der Waals surface area contributed by atoms with Gasteiger partial charge in [-0.25, -0.2) is 0 Å². The number of anilines is 2. The van der Waals surface area contributed by atoms with Crippen LogP contribution in [0.15, 0.2) is 42.5 Å². The smallest absolute Gasteiger partial charge is 0.243 e. The van der Waals surface area contributed by atoms with E-state index in [9.17, 15) is 4.79 Å². The van der Waals surface area contributed by atoms with E-state index in [0.29, 0.717) is 0 Å². The van der Waals surface area contributed by atoms with E-state index in [2.05, 4.69) is 17.6 Å². The van der Waals surface area contributed by atoms with Crippen molar-refractivity contribution in [1.29, 1.82) is 0 Å². The fourth-order valence-corrected chi connectivity index (χ4v) is 2.21. The van der Waals surface area contributed by atoms with E-state index in [4.69, 9.17) is 4.74 Å². The Balaban J connectivity index is 1.96. The summed E-state index contributed by atoms with van der Waals surface area (Å²) in [4.78, 5) is 12.1. The minimum absolute atomic E-state index is 0.0863. The molecule has 2 aromatic carbocycles. The van der Waals surface area contributed by atoms with E-state index in [1.54, 1.807) is 7.11 Å². The van der Waals surface area contributed by atoms with Crippen LogP contribution in [0.4, 0.5) is 11.4 Å². The van der Waals surface area contributed by atoms with Gasteiger partial charge in [-0.1, -0.05) is 25.1 Å². The highest BCUT2D eigenvalue weighted by Crippen LogP contribution is 2.24. The lowest BCUT2D eigenvalue weighted by atomic mass is 10.1. The Bertz CT molecular complexity index is 653. The fraction of sp³-hybridized carbons (Fsp3) is 0.278. The van der Waals surface area contributed by atoms with Crippen molar-refractivity contribution in [3.63, 3.8) is 0 Å². The molecule has 0 atom stereocenters. The first-order valence-corrected chi connectivity index (χ1v) is 7.39. The monoisotopic (exact) mass is 298 g/mol. The Morgan fingerprint density at radius 1 is 1.18 bits per heavy atom. The lowest BCUT2D eigenvalue weighted by Gasteiger charge is -2.12. The molecule has 0 aliphatic carbocycles. The van der Waals surface area contributed by atoms with Crippen molar-refractivity contribution in [3.8, 4) is 5.75 Å². The summed E-state index contributed by atoms with van der Waals surface area (Å²) in [6, 6.07) is 13.7. The van der Waals surface area contributed by atoms with Gasteiger partial charge in [0.15, 0.2) is 0 Å². The van der Waals surface area contributed by atoms with Crippen LogP contribution in [-0.4, -0.2) is 19.6 Å². The molecule has 0 heterocycles. The van der Waals surface area contributed by atoms with Gasteiger partial charge in [-0.2, -0.15) is 0 Å². The van der Waals surface area contributed by atoms with Gasteiger partial charge in [-0.05, 0) is 48.7 Å². The fourth-order valence-electron chi connectivity index (χ4n) is 2.21. The largest absolute Gasteiger partial charge is 0.495 e. The van der Waals surface area contributed by atoms with Crippen LogP contribution >= 0.6 is 0 Å². The Kier molecular flexibility index (Phi) is 5.42. The Hall–Kier alpha value is -2.49. The molecule has 2 N–H and O–H groups in total. The lowest BCUT2D eigenvalue weighted by Crippen LogP contribution is -2.22. The van der Waals surface area contributed by atoms with Gasteiger partial charge in [-0.3, -0.25) is 4.79 Å². The van der Waals surface area contributed by atoms with E-state index in [-0.39, 0.29) is 12.5 Å². The molecule has 4 nitrogen and oxygen atoms in total. The first-order chi connectivity index (χ1) is 10.6. The van der Waals surface area contributed by atoms with Gasteiger partial charge in [0.05, 0.1) is 19.3 Å². The summed E-state index contributed by atoms with van der Waals surface area (Å²) in [7, 11) is 1.62. The third-order valence-electron chi connectivity index (χ3n) is 3.41. The highest BCUT2D eigenvalue weighted by atomic mass is 16.5. The first kappa shape index (κ1) is 15.9. The molecule has 0 saturated heterocycles. The standard InChI is InChI=1S/C18H22N2O2/c1-4-14-6-5-7-15(11-14)20-18(21)12-19-16-10-13(2)8-9-17(16)22-3/h5-11,19H,4,12H2,1-3H3,(H,20,21). The summed E-state index contributed by atoms with van der Waals surface area (Å²) in [5.41, 5.74) is 3.95. The molecule has 0 bridgehead atoms. The highest BCUT2D eigenvalue weighted by Gasteiger charge is 2.06. The second-order valence-corrected chi connectivity index (χ2v) is 5.16. The van der Waals surface area contributed by atoms with Crippen molar-refractivity contribution in [3.05, 3.63) is 53.6 Å². The number of aryl methyl sites for hydroxylation is 2. The third kappa shape index (κ3) is 4.25. The zero-order valence-corrected chi connectivity index (χ0v) is 13.3. The quantitative estimate of drug-likeness (QED) is 0.856. The zero-order valence-electron chi connectivity index (χ0n) is 13.3. The number of carbonyl (C=O) groups is 1. The van der Waals surface area contributed by atoms with Crippen LogP contribution in [0, 0.1) is 6.92 Å². The van der Waals surface area contributed by atoms with Gasteiger partial charge in [0.2, 0.25) is 5.91 Å². The highest BCUT2D eigenvalue weighted by molar-refractivity contribution is 5.94. The van der Waals surface area contributed by atoms with E-state index >= 15 is 0 Å². The SMILES string of the molecule is CCc1cccc(NC(=O)CNc2cc(C)ccc2OC)c1. The van der Waals surface area contributed by atoms with Crippen LogP contribution in [0.3, 0.4) is 0 Å². The van der Waals surface area contributed by atoms with Gasteiger partial charge in [0.1, 0.15) is 5.75 Å². The lowest BCUT2D eigenvalue weighted by molar-refractivity contribution is -0.114. The van der Waals surface area contributed by atoms with Gasteiger partial charge in [0, 0.05) is 5.69 Å². The number of carbonyl (C=O) groups excluding carboxylic acids is 1. The van der Waals surface area contributed by atoms with Gasteiger partial charge >= 0.3 is 0 Å². The Morgan fingerprint density at radius 2 is 2.00 bits per heavy atom. The second kappa shape index (κ2) is 7.50. The average molecular weight is 298 g/mol. The van der Waals surface area contributed by atoms with E-state index < -0.39 is 0 Å². The number of hydrogen-bond acceptors (Lipinski definition) is 3. The predicted octanol–water partition coefficient (Wildman–Crippen LogP) is 3.62. The van der Waals surface area contributed by atoms with Crippen molar-refractivity contribution < 1.29 is 9.53 Å². The molecule has 0 spiro atoms.